The molecule has 1 aliphatic heterocycles. The molecule has 38 heavy (non-hydrogen) atoms. The first kappa shape index (κ1) is 22.7. The Morgan fingerprint density at radius 2 is 1.97 bits per heavy atom. The zero-order valence-corrected chi connectivity index (χ0v) is 20.5. The van der Waals surface area contributed by atoms with Crippen LogP contribution in [0.1, 0.15) is 17.7 Å². The second-order valence-corrected chi connectivity index (χ2v) is 9.78. The van der Waals surface area contributed by atoms with Gasteiger partial charge >= 0.3 is 0 Å². The van der Waals surface area contributed by atoms with Crippen molar-refractivity contribution in [1.29, 1.82) is 0 Å². The van der Waals surface area contributed by atoms with Crippen LogP contribution >= 0.6 is 0 Å². The third-order valence-electron chi connectivity index (χ3n) is 6.95. The molecule has 6 aromatic rings. The summed E-state index contributed by atoms with van der Waals surface area (Å²) in [5.74, 6) is -2.62. The van der Waals surface area contributed by atoms with Crippen LogP contribution in [0.15, 0.2) is 61.6 Å². The lowest BCUT2D eigenvalue weighted by atomic mass is 10.1. The third kappa shape index (κ3) is 4.01. The van der Waals surface area contributed by atoms with E-state index in [2.05, 4.69) is 35.1 Å². The number of fused-ring (bicyclic) bond motifs is 2. The number of hydrogen-bond donors (Lipinski definition) is 2. The molecule has 1 fully saturated rings. The van der Waals surface area contributed by atoms with Gasteiger partial charge in [-0.25, -0.2) is 18.7 Å². The lowest BCUT2D eigenvalue weighted by Crippen LogP contribution is -2.24. The van der Waals surface area contributed by atoms with Crippen molar-refractivity contribution in [2.24, 2.45) is 0 Å². The fourth-order valence-electron chi connectivity index (χ4n) is 5.11. The molecule has 0 aromatic carbocycles. The van der Waals surface area contributed by atoms with Gasteiger partial charge in [0.1, 0.15) is 11.3 Å². The molecular weight excluding hydrogens is 488 g/mol. The highest BCUT2D eigenvalue weighted by Gasteiger charge is 2.37. The smallest absolute Gasteiger partial charge is 0.261 e. The van der Waals surface area contributed by atoms with Crippen LogP contribution in [0.3, 0.4) is 0 Å². The summed E-state index contributed by atoms with van der Waals surface area (Å²) in [5.41, 5.74) is 7.44. The fraction of sp³-hybridized carbons (Fsp3) is 0.222. The van der Waals surface area contributed by atoms with Crippen molar-refractivity contribution in [2.75, 3.05) is 13.1 Å². The number of alkyl halides is 2. The maximum Gasteiger partial charge on any atom is 0.261 e. The van der Waals surface area contributed by atoms with Crippen LogP contribution in [-0.2, 0) is 6.54 Å². The molecular formula is C27H23F2N9. The highest BCUT2D eigenvalue weighted by Crippen LogP contribution is 2.33. The summed E-state index contributed by atoms with van der Waals surface area (Å²) in [6.07, 6.45) is 10.6. The summed E-state index contributed by atoms with van der Waals surface area (Å²) in [6, 6.07) is 7.92. The SMILES string of the molecule is Cc1cn(-c2ccnc3[nH]c(-c4n[nH]c5cnc(-c6cncc(CN7CCC(F)(F)C7)c6)cc45)cc23)cn1. The van der Waals surface area contributed by atoms with E-state index in [1.807, 2.05) is 42.0 Å². The predicted molar refractivity (Wildman–Crippen MR) is 139 cm³/mol. The second-order valence-electron chi connectivity index (χ2n) is 9.78. The highest BCUT2D eigenvalue weighted by molar-refractivity contribution is 5.97. The van der Waals surface area contributed by atoms with E-state index in [0.717, 1.165) is 61.5 Å². The van der Waals surface area contributed by atoms with E-state index in [1.54, 1.807) is 36.0 Å². The van der Waals surface area contributed by atoms with Gasteiger partial charge in [-0.15, -0.1) is 0 Å². The van der Waals surface area contributed by atoms with Gasteiger partial charge in [-0.2, -0.15) is 5.10 Å². The molecule has 0 unspecified atom stereocenters. The van der Waals surface area contributed by atoms with Gasteiger partial charge in [-0.05, 0) is 36.8 Å². The quantitative estimate of drug-likeness (QED) is 0.341. The lowest BCUT2D eigenvalue weighted by molar-refractivity contribution is 0.0115. The topological polar surface area (TPSA) is 104 Å². The number of aromatic nitrogens is 8. The Balaban J connectivity index is 1.24. The average molecular weight is 512 g/mol. The van der Waals surface area contributed by atoms with E-state index in [-0.39, 0.29) is 13.0 Å². The van der Waals surface area contributed by atoms with E-state index in [1.165, 1.54) is 0 Å². The largest absolute Gasteiger partial charge is 0.338 e. The van der Waals surface area contributed by atoms with Crippen LogP contribution in [0.2, 0.25) is 0 Å². The number of imidazole rings is 1. The molecule has 0 saturated carbocycles. The van der Waals surface area contributed by atoms with Gasteiger partial charge in [0, 0.05) is 60.6 Å². The number of halogens is 2. The van der Waals surface area contributed by atoms with Crippen molar-refractivity contribution in [3.8, 4) is 28.3 Å². The standard InChI is InChI=1S/C27H23F2N9/c1-16-12-38(15-33-16)24-2-4-31-26-20(24)8-22(34-26)25-19-7-21(32-11-23(19)35-36-25)18-6-17(9-30-10-18)13-37-5-3-27(28,29)14-37/h2,4,6-12,15H,3,5,13-14H2,1H3,(H,31,34)(H,35,36). The molecule has 0 radical (unpaired) electrons. The van der Waals surface area contributed by atoms with Gasteiger partial charge in [0.25, 0.3) is 5.92 Å². The Bertz CT molecular complexity index is 1800. The lowest BCUT2D eigenvalue weighted by Gasteiger charge is -2.15. The maximum absolute atomic E-state index is 13.6. The van der Waals surface area contributed by atoms with E-state index in [4.69, 9.17) is 0 Å². The number of hydrogen-bond acceptors (Lipinski definition) is 6. The molecule has 1 saturated heterocycles. The summed E-state index contributed by atoms with van der Waals surface area (Å²) < 4.78 is 29.2. The summed E-state index contributed by atoms with van der Waals surface area (Å²) >= 11 is 0. The van der Waals surface area contributed by atoms with Crippen LogP contribution < -0.4 is 0 Å². The average Bonchev–Trinajstić information content (AvgIpc) is 3.69. The van der Waals surface area contributed by atoms with Gasteiger partial charge in [-0.1, -0.05) is 0 Å². The molecule has 0 aliphatic carbocycles. The van der Waals surface area contributed by atoms with E-state index < -0.39 is 5.92 Å². The normalized spacial score (nSPS) is 15.7. The van der Waals surface area contributed by atoms with E-state index >= 15 is 0 Å². The number of rotatable bonds is 5. The van der Waals surface area contributed by atoms with E-state index in [0.29, 0.717) is 13.1 Å². The van der Waals surface area contributed by atoms with E-state index in [9.17, 15) is 8.78 Å². The minimum atomic E-state index is -2.62. The Kier molecular flexibility index (Phi) is 5.08. The van der Waals surface area contributed by atoms with Crippen molar-refractivity contribution in [2.45, 2.75) is 25.8 Å². The van der Waals surface area contributed by atoms with Crippen LogP contribution in [0, 0.1) is 6.92 Å². The van der Waals surface area contributed by atoms with Crippen LogP contribution in [0.5, 0.6) is 0 Å². The first-order valence-corrected chi connectivity index (χ1v) is 12.3. The summed E-state index contributed by atoms with van der Waals surface area (Å²) in [7, 11) is 0. The summed E-state index contributed by atoms with van der Waals surface area (Å²) in [5, 5.41) is 9.48. The highest BCUT2D eigenvalue weighted by atomic mass is 19.3. The third-order valence-corrected chi connectivity index (χ3v) is 6.95. The molecule has 0 atom stereocenters. The monoisotopic (exact) mass is 511 g/mol. The molecule has 2 N–H and O–H groups in total. The molecule has 7 rings (SSSR count). The van der Waals surface area contributed by atoms with Crippen molar-refractivity contribution in [1.82, 2.24) is 44.6 Å². The Morgan fingerprint density at radius 1 is 1.05 bits per heavy atom. The van der Waals surface area contributed by atoms with Gasteiger partial charge in [0.15, 0.2) is 0 Å². The Morgan fingerprint density at radius 3 is 2.79 bits per heavy atom. The number of nitrogens with zero attached hydrogens (tertiary/aromatic N) is 7. The minimum Gasteiger partial charge on any atom is -0.338 e. The van der Waals surface area contributed by atoms with Gasteiger partial charge in [0.05, 0.1) is 47.4 Å². The zero-order valence-electron chi connectivity index (χ0n) is 20.5. The molecule has 9 nitrogen and oxygen atoms in total. The van der Waals surface area contributed by atoms with Gasteiger partial charge in [0.2, 0.25) is 0 Å². The van der Waals surface area contributed by atoms with Crippen LogP contribution in [-0.4, -0.2) is 63.6 Å². The minimum absolute atomic E-state index is 0.103. The Hall–Kier alpha value is -4.51. The van der Waals surface area contributed by atoms with Crippen LogP contribution in [0.4, 0.5) is 8.78 Å². The van der Waals surface area contributed by atoms with Crippen molar-refractivity contribution in [3.05, 3.63) is 72.8 Å². The number of nitrogens with one attached hydrogen (secondary N) is 2. The van der Waals surface area contributed by atoms with Crippen molar-refractivity contribution < 1.29 is 8.78 Å². The molecule has 0 spiro atoms. The summed E-state index contributed by atoms with van der Waals surface area (Å²) in [4.78, 5) is 23.0. The number of H-pyrrole nitrogens is 2. The number of aryl methyl sites for hydroxylation is 1. The molecule has 190 valence electrons. The molecule has 1 aliphatic rings. The molecule has 7 heterocycles. The number of likely N-dealkylation sites (tertiary alicyclic amines) is 1. The first-order chi connectivity index (χ1) is 18.4. The predicted octanol–water partition coefficient (Wildman–Crippen LogP) is 4.90. The number of pyridine rings is 3. The molecule has 11 heteroatoms. The molecule has 6 aromatic heterocycles. The van der Waals surface area contributed by atoms with Gasteiger partial charge < -0.3 is 9.55 Å². The Labute approximate surface area is 215 Å². The molecule has 0 bridgehead atoms. The number of aromatic amines is 2. The maximum atomic E-state index is 13.6. The fourth-order valence-corrected chi connectivity index (χ4v) is 5.11. The summed E-state index contributed by atoms with van der Waals surface area (Å²) in [6.45, 7) is 2.54. The zero-order chi connectivity index (χ0) is 25.9. The van der Waals surface area contributed by atoms with Crippen molar-refractivity contribution in [3.63, 3.8) is 0 Å². The van der Waals surface area contributed by atoms with Gasteiger partial charge in [-0.3, -0.25) is 20.0 Å². The van der Waals surface area contributed by atoms with Crippen molar-refractivity contribution >= 4 is 21.9 Å². The van der Waals surface area contributed by atoms with Crippen LogP contribution in [0.25, 0.3) is 50.3 Å². The second kappa shape index (κ2) is 8.52. The first-order valence-electron chi connectivity index (χ1n) is 12.3. The molecule has 0 amide bonds.